The molecule has 9 nitrogen and oxygen atoms in total. The molecule has 0 spiro atoms. The molecular weight excluding hydrogens is 406 g/mol. The highest BCUT2D eigenvalue weighted by molar-refractivity contribution is 6.01. The molecule has 2 aromatic heterocycles. The highest BCUT2D eigenvalue weighted by Crippen LogP contribution is 2.33. The third kappa shape index (κ3) is 3.85. The molecule has 32 heavy (non-hydrogen) atoms. The Kier molecular flexibility index (Phi) is 5.16. The van der Waals surface area contributed by atoms with Gasteiger partial charge in [-0.1, -0.05) is 24.3 Å². The summed E-state index contributed by atoms with van der Waals surface area (Å²) >= 11 is 0. The molecule has 1 atom stereocenters. The molecule has 0 bridgehead atoms. The molecular formula is C23H23N7O2. The second-order valence-electron chi connectivity index (χ2n) is 7.79. The van der Waals surface area contributed by atoms with Gasteiger partial charge in [-0.25, -0.2) is 19.4 Å². The van der Waals surface area contributed by atoms with E-state index in [1.165, 1.54) is 6.33 Å². The molecule has 1 fully saturated rings. The van der Waals surface area contributed by atoms with E-state index >= 15 is 0 Å². The molecule has 9 heteroatoms. The van der Waals surface area contributed by atoms with Gasteiger partial charge in [-0.3, -0.25) is 0 Å². The number of amides is 2. The van der Waals surface area contributed by atoms with Gasteiger partial charge in [0, 0.05) is 23.5 Å². The maximum Gasteiger partial charge on any atom is 0.323 e. The van der Waals surface area contributed by atoms with E-state index in [1.807, 2.05) is 60.1 Å². The van der Waals surface area contributed by atoms with Crippen molar-refractivity contribution in [1.82, 2.24) is 19.7 Å². The van der Waals surface area contributed by atoms with Crippen LogP contribution in [0.2, 0.25) is 0 Å². The first-order valence-corrected chi connectivity index (χ1v) is 10.4. The number of urea groups is 1. The van der Waals surface area contributed by atoms with Crippen molar-refractivity contribution in [3.8, 4) is 11.3 Å². The van der Waals surface area contributed by atoms with Crippen molar-refractivity contribution in [3.05, 3.63) is 60.4 Å². The zero-order valence-electron chi connectivity index (χ0n) is 17.6. The summed E-state index contributed by atoms with van der Waals surface area (Å²) in [4.78, 5) is 20.9. The van der Waals surface area contributed by atoms with Gasteiger partial charge < -0.3 is 21.1 Å². The molecule has 0 unspecified atom stereocenters. The number of nitrogens with one attached hydrogen (secondary N) is 2. The average molecular weight is 429 g/mol. The van der Waals surface area contributed by atoms with Crippen molar-refractivity contribution >= 4 is 34.3 Å². The molecule has 4 N–H and O–H groups in total. The van der Waals surface area contributed by atoms with E-state index in [-0.39, 0.29) is 12.1 Å². The Morgan fingerprint density at radius 1 is 1.12 bits per heavy atom. The van der Waals surface area contributed by atoms with Crippen molar-refractivity contribution < 1.29 is 9.53 Å². The molecule has 0 radical (unpaired) electrons. The fourth-order valence-corrected chi connectivity index (χ4v) is 3.89. The predicted octanol–water partition coefficient (Wildman–Crippen LogP) is 3.99. The molecule has 2 aromatic carbocycles. The Hall–Kier alpha value is -3.98. The first-order valence-electron chi connectivity index (χ1n) is 10.4. The Labute approximate surface area is 184 Å². The van der Waals surface area contributed by atoms with Crippen molar-refractivity contribution in [3.63, 3.8) is 0 Å². The Bertz CT molecular complexity index is 1280. The number of nitrogen functional groups attached to an aromatic ring is 1. The van der Waals surface area contributed by atoms with E-state index in [0.29, 0.717) is 36.1 Å². The molecule has 5 rings (SSSR count). The summed E-state index contributed by atoms with van der Waals surface area (Å²) in [7, 11) is 0. The highest BCUT2D eigenvalue weighted by Gasteiger charge is 2.25. The lowest BCUT2D eigenvalue weighted by Crippen LogP contribution is -2.19. The number of rotatable bonds is 4. The standard InChI is InChI=1S/C23H23N7O2/c1-14-3-2-4-17(11-14)28-23(31)27-16-7-5-15(6-8-16)20-19-21(24)25-13-26-22(19)30(29-20)18-9-10-32-12-18/h2-8,11,13,18H,9-10,12H2,1H3,(H2,24,25,26)(H2,27,28,31)/t18-/m0/s1. The minimum Gasteiger partial charge on any atom is -0.383 e. The van der Waals surface area contributed by atoms with Crippen molar-refractivity contribution in [2.24, 2.45) is 0 Å². The third-order valence-electron chi connectivity index (χ3n) is 5.46. The van der Waals surface area contributed by atoms with Gasteiger partial charge in [0.15, 0.2) is 5.65 Å². The number of fused-ring (bicyclic) bond motifs is 1. The fourth-order valence-electron chi connectivity index (χ4n) is 3.89. The molecule has 3 heterocycles. The van der Waals surface area contributed by atoms with Crippen LogP contribution in [0.25, 0.3) is 22.3 Å². The van der Waals surface area contributed by atoms with E-state index in [9.17, 15) is 4.79 Å². The molecule has 0 aliphatic carbocycles. The number of aryl methyl sites for hydroxylation is 1. The van der Waals surface area contributed by atoms with E-state index in [0.717, 1.165) is 28.6 Å². The first-order chi connectivity index (χ1) is 15.6. The van der Waals surface area contributed by atoms with Crippen molar-refractivity contribution in [1.29, 1.82) is 0 Å². The summed E-state index contributed by atoms with van der Waals surface area (Å²) in [5, 5.41) is 11.2. The van der Waals surface area contributed by atoms with Gasteiger partial charge >= 0.3 is 6.03 Å². The normalized spacial score (nSPS) is 15.7. The zero-order chi connectivity index (χ0) is 22.1. The highest BCUT2D eigenvalue weighted by atomic mass is 16.5. The quantitative estimate of drug-likeness (QED) is 0.451. The second-order valence-corrected chi connectivity index (χ2v) is 7.79. The van der Waals surface area contributed by atoms with Crippen LogP contribution in [0.15, 0.2) is 54.9 Å². The second kappa shape index (κ2) is 8.27. The molecule has 162 valence electrons. The number of benzene rings is 2. The number of hydrogen-bond donors (Lipinski definition) is 3. The van der Waals surface area contributed by atoms with Crippen LogP contribution < -0.4 is 16.4 Å². The van der Waals surface area contributed by atoms with Crippen molar-refractivity contribution in [2.45, 2.75) is 19.4 Å². The fraction of sp³-hybridized carbons (Fsp3) is 0.217. The van der Waals surface area contributed by atoms with Gasteiger partial charge in [0.25, 0.3) is 0 Å². The molecule has 2 amide bonds. The summed E-state index contributed by atoms with van der Waals surface area (Å²) in [6, 6.07) is 14.9. The van der Waals surface area contributed by atoms with Crippen LogP contribution in [-0.4, -0.2) is 39.0 Å². The number of anilines is 3. The lowest BCUT2D eigenvalue weighted by Gasteiger charge is -2.09. The van der Waals surface area contributed by atoms with Crippen LogP contribution >= 0.6 is 0 Å². The predicted molar refractivity (Wildman–Crippen MR) is 123 cm³/mol. The number of ether oxygens (including phenoxy) is 1. The van der Waals surface area contributed by atoms with Crippen LogP contribution in [0, 0.1) is 6.92 Å². The molecule has 1 aliphatic rings. The zero-order valence-corrected chi connectivity index (χ0v) is 17.6. The Balaban J connectivity index is 1.40. The Morgan fingerprint density at radius 2 is 1.94 bits per heavy atom. The average Bonchev–Trinajstić information content (AvgIpc) is 3.43. The third-order valence-corrected chi connectivity index (χ3v) is 5.46. The maximum atomic E-state index is 12.3. The monoisotopic (exact) mass is 429 g/mol. The van der Waals surface area contributed by atoms with Crippen LogP contribution in [0.4, 0.5) is 22.0 Å². The lowest BCUT2D eigenvalue weighted by molar-refractivity contribution is 0.185. The molecule has 0 saturated carbocycles. The van der Waals surface area contributed by atoms with Gasteiger partial charge in [-0.05, 0) is 43.2 Å². The lowest BCUT2D eigenvalue weighted by atomic mass is 10.1. The summed E-state index contributed by atoms with van der Waals surface area (Å²) in [5.41, 5.74) is 10.9. The van der Waals surface area contributed by atoms with Crippen LogP contribution in [0.5, 0.6) is 0 Å². The van der Waals surface area contributed by atoms with E-state index < -0.39 is 0 Å². The van der Waals surface area contributed by atoms with E-state index in [2.05, 4.69) is 20.6 Å². The minimum atomic E-state index is -0.308. The number of nitrogens with zero attached hydrogens (tertiary/aromatic N) is 4. The number of carbonyl (C=O) groups is 1. The van der Waals surface area contributed by atoms with E-state index in [4.69, 9.17) is 15.6 Å². The van der Waals surface area contributed by atoms with Crippen LogP contribution in [-0.2, 0) is 4.74 Å². The van der Waals surface area contributed by atoms with Crippen LogP contribution in [0.1, 0.15) is 18.0 Å². The number of carbonyl (C=O) groups excluding carboxylic acids is 1. The largest absolute Gasteiger partial charge is 0.383 e. The smallest absolute Gasteiger partial charge is 0.323 e. The van der Waals surface area contributed by atoms with Crippen LogP contribution in [0.3, 0.4) is 0 Å². The van der Waals surface area contributed by atoms with Gasteiger partial charge in [0.1, 0.15) is 17.8 Å². The number of aromatic nitrogens is 4. The maximum absolute atomic E-state index is 12.3. The minimum absolute atomic E-state index is 0.117. The van der Waals surface area contributed by atoms with E-state index in [1.54, 1.807) is 0 Å². The first kappa shape index (κ1) is 20.0. The van der Waals surface area contributed by atoms with Gasteiger partial charge in [0.2, 0.25) is 0 Å². The summed E-state index contributed by atoms with van der Waals surface area (Å²) in [6.45, 7) is 3.27. The molecule has 4 aromatic rings. The SMILES string of the molecule is Cc1cccc(NC(=O)Nc2ccc(-c3nn([C@H]4CCOC4)c4ncnc(N)c34)cc2)c1. The summed E-state index contributed by atoms with van der Waals surface area (Å²) in [5.74, 6) is 0.384. The summed E-state index contributed by atoms with van der Waals surface area (Å²) < 4.78 is 7.41. The van der Waals surface area contributed by atoms with Crippen molar-refractivity contribution in [2.75, 3.05) is 29.6 Å². The Morgan fingerprint density at radius 3 is 2.69 bits per heavy atom. The molecule has 1 saturated heterocycles. The molecule has 1 aliphatic heterocycles. The number of hydrogen-bond acceptors (Lipinski definition) is 6. The summed E-state index contributed by atoms with van der Waals surface area (Å²) in [6.07, 6.45) is 2.33. The number of nitrogens with two attached hydrogens (primary N) is 1. The van der Waals surface area contributed by atoms with Gasteiger partial charge in [-0.15, -0.1) is 0 Å². The van der Waals surface area contributed by atoms with Gasteiger partial charge in [0.05, 0.1) is 18.0 Å². The topological polar surface area (TPSA) is 120 Å². The van der Waals surface area contributed by atoms with Gasteiger partial charge in [-0.2, -0.15) is 5.10 Å².